The van der Waals surface area contributed by atoms with Gasteiger partial charge in [-0.3, -0.25) is 0 Å². The van der Waals surface area contributed by atoms with Crippen molar-refractivity contribution in [2.24, 2.45) is 0 Å². The van der Waals surface area contributed by atoms with Gasteiger partial charge in [0.2, 0.25) is 0 Å². The number of aromatic nitrogens is 6. The number of para-hydroxylation sites is 1. The molecule has 0 aliphatic heterocycles. The molecular weight excluding hydrogens is 320 g/mol. The van der Waals surface area contributed by atoms with Gasteiger partial charge in [0.25, 0.3) is 0 Å². The second kappa shape index (κ2) is 4.95. The van der Waals surface area contributed by atoms with Gasteiger partial charge in [0.05, 0.1) is 22.8 Å². The summed E-state index contributed by atoms with van der Waals surface area (Å²) in [5.74, 6) is 0.0854. The first-order valence-corrected chi connectivity index (χ1v) is 6.73. The second-order valence-corrected chi connectivity index (χ2v) is 4.93. The molecular formula is C14H7F2N7O. The van der Waals surface area contributed by atoms with E-state index >= 15 is 0 Å². The maximum absolute atomic E-state index is 12.6. The number of fused-ring (bicyclic) bond motifs is 3. The lowest BCUT2D eigenvalue weighted by Crippen LogP contribution is -2.17. The van der Waals surface area contributed by atoms with Crippen LogP contribution in [0.5, 0.6) is 0 Å². The van der Waals surface area contributed by atoms with E-state index in [-0.39, 0.29) is 17.0 Å². The summed E-state index contributed by atoms with van der Waals surface area (Å²) in [6, 6.07) is 6.90. The third kappa shape index (κ3) is 1.95. The lowest BCUT2D eigenvalue weighted by molar-refractivity contribution is 0.0566. The minimum Gasteiger partial charge on any atom is -0.304 e. The molecule has 0 bridgehead atoms. The van der Waals surface area contributed by atoms with Crippen LogP contribution in [0.2, 0.25) is 0 Å². The van der Waals surface area contributed by atoms with Gasteiger partial charge in [-0.1, -0.05) is 6.07 Å². The van der Waals surface area contributed by atoms with Crippen LogP contribution in [0.25, 0.3) is 27.9 Å². The number of H-pyrrole nitrogens is 1. The van der Waals surface area contributed by atoms with Gasteiger partial charge >= 0.3 is 12.2 Å². The van der Waals surface area contributed by atoms with Gasteiger partial charge < -0.3 is 4.98 Å². The molecule has 0 atom stereocenters. The van der Waals surface area contributed by atoms with Crippen LogP contribution in [0.3, 0.4) is 0 Å². The van der Waals surface area contributed by atoms with Crippen LogP contribution < -0.4 is 5.69 Å². The van der Waals surface area contributed by atoms with Crippen molar-refractivity contribution in [3.63, 3.8) is 0 Å². The number of benzene rings is 1. The first kappa shape index (κ1) is 14.0. The van der Waals surface area contributed by atoms with E-state index in [2.05, 4.69) is 20.2 Å². The molecule has 0 aliphatic rings. The van der Waals surface area contributed by atoms with Crippen molar-refractivity contribution < 1.29 is 8.78 Å². The third-order valence-electron chi connectivity index (χ3n) is 3.52. The summed E-state index contributed by atoms with van der Waals surface area (Å²) >= 11 is 0. The van der Waals surface area contributed by atoms with Crippen molar-refractivity contribution in [2.75, 3.05) is 0 Å². The van der Waals surface area contributed by atoms with Crippen LogP contribution in [0, 0.1) is 11.3 Å². The van der Waals surface area contributed by atoms with E-state index in [1.165, 1.54) is 6.20 Å². The Balaban J connectivity index is 2.01. The van der Waals surface area contributed by atoms with Gasteiger partial charge in [0, 0.05) is 11.6 Å². The van der Waals surface area contributed by atoms with Crippen molar-refractivity contribution >= 4 is 16.6 Å². The van der Waals surface area contributed by atoms with Gasteiger partial charge in [-0.05, 0) is 12.1 Å². The zero-order chi connectivity index (χ0) is 16.8. The molecule has 4 rings (SSSR count). The molecule has 0 spiro atoms. The van der Waals surface area contributed by atoms with E-state index in [1.54, 1.807) is 18.2 Å². The Morgan fingerprint density at radius 2 is 2.17 bits per heavy atom. The van der Waals surface area contributed by atoms with Crippen LogP contribution in [0.1, 0.15) is 12.1 Å². The van der Waals surface area contributed by atoms with Crippen molar-refractivity contribution in [1.29, 1.82) is 5.26 Å². The lowest BCUT2D eigenvalue weighted by atomic mass is 10.1. The monoisotopic (exact) mass is 327 g/mol. The van der Waals surface area contributed by atoms with Crippen molar-refractivity contribution in [1.82, 2.24) is 29.4 Å². The maximum atomic E-state index is 12.6. The van der Waals surface area contributed by atoms with E-state index < -0.39 is 12.2 Å². The molecule has 8 nitrogen and oxygen atoms in total. The number of rotatable bonds is 2. The van der Waals surface area contributed by atoms with E-state index in [4.69, 9.17) is 5.26 Å². The number of hydrogen-bond acceptors (Lipinski definition) is 5. The highest BCUT2D eigenvalue weighted by Crippen LogP contribution is 2.22. The van der Waals surface area contributed by atoms with E-state index in [0.717, 1.165) is 10.7 Å². The number of alkyl halides is 2. The van der Waals surface area contributed by atoms with E-state index in [0.29, 0.717) is 21.1 Å². The fraction of sp³-hybridized carbons (Fsp3) is 0.0714. The predicted octanol–water partition coefficient (Wildman–Crippen LogP) is 1.70. The zero-order valence-electron chi connectivity index (χ0n) is 11.8. The number of hydrogen-bond donors (Lipinski definition) is 1. The van der Waals surface area contributed by atoms with Gasteiger partial charge in [0.1, 0.15) is 6.07 Å². The molecule has 3 aromatic heterocycles. The average molecular weight is 327 g/mol. The summed E-state index contributed by atoms with van der Waals surface area (Å²) in [6.45, 7) is -2.78. The Kier molecular flexibility index (Phi) is 2.89. The van der Waals surface area contributed by atoms with E-state index in [9.17, 15) is 13.6 Å². The highest BCUT2D eigenvalue weighted by molar-refractivity contribution is 5.94. The molecule has 4 aromatic rings. The minimum absolute atomic E-state index is 0.0854. The second-order valence-electron chi connectivity index (χ2n) is 4.93. The molecule has 24 heavy (non-hydrogen) atoms. The molecule has 0 amide bonds. The molecule has 0 fully saturated rings. The first-order valence-electron chi connectivity index (χ1n) is 6.73. The molecule has 0 aliphatic carbocycles. The van der Waals surface area contributed by atoms with Crippen LogP contribution in [0.4, 0.5) is 8.78 Å². The fourth-order valence-corrected chi connectivity index (χ4v) is 2.44. The van der Waals surface area contributed by atoms with Crippen LogP contribution in [0.15, 0.2) is 35.4 Å². The van der Waals surface area contributed by atoms with Crippen molar-refractivity contribution in [3.8, 4) is 17.5 Å². The molecule has 1 aromatic carbocycles. The van der Waals surface area contributed by atoms with Gasteiger partial charge in [-0.25, -0.2) is 14.5 Å². The average Bonchev–Trinajstić information content (AvgIpc) is 3.22. The van der Waals surface area contributed by atoms with Crippen molar-refractivity contribution in [3.05, 3.63) is 46.6 Å². The predicted molar refractivity (Wildman–Crippen MR) is 78.3 cm³/mol. The zero-order valence-corrected chi connectivity index (χ0v) is 11.8. The first-order chi connectivity index (χ1) is 11.6. The molecule has 0 radical (unpaired) electrons. The van der Waals surface area contributed by atoms with Gasteiger partial charge in [-0.2, -0.15) is 23.7 Å². The minimum atomic E-state index is -2.78. The van der Waals surface area contributed by atoms with Crippen LogP contribution >= 0.6 is 0 Å². The number of halogens is 2. The Bertz CT molecular complexity index is 1180. The van der Waals surface area contributed by atoms with Gasteiger partial charge in [0.15, 0.2) is 11.5 Å². The molecule has 0 saturated heterocycles. The molecule has 0 unspecified atom stereocenters. The summed E-state index contributed by atoms with van der Waals surface area (Å²) < 4.78 is 26.7. The quantitative estimate of drug-likeness (QED) is 0.603. The Morgan fingerprint density at radius 3 is 2.88 bits per heavy atom. The smallest absolute Gasteiger partial charge is 0.304 e. The van der Waals surface area contributed by atoms with E-state index in [1.807, 2.05) is 6.07 Å². The topological polar surface area (TPSA) is 105 Å². The van der Waals surface area contributed by atoms with Crippen LogP contribution in [-0.2, 0) is 0 Å². The lowest BCUT2D eigenvalue weighted by Gasteiger charge is -2.00. The fourth-order valence-electron chi connectivity index (χ4n) is 2.44. The summed E-state index contributed by atoms with van der Waals surface area (Å²) in [5.41, 5.74) is 0.538. The highest BCUT2D eigenvalue weighted by Gasteiger charge is 2.16. The molecule has 1 N–H and O–H groups in total. The van der Waals surface area contributed by atoms with Crippen molar-refractivity contribution in [2.45, 2.75) is 6.55 Å². The molecule has 0 saturated carbocycles. The number of nitrogens with zero attached hydrogens (tertiary/aromatic N) is 6. The number of nitriles is 1. The molecule has 3 heterocycles. The molecule has 10 heteroatoms. The normalized spacial score (nSPS) is 11.4. The van der Waals surface area contributed by atoms with Crippen LogP contribution in [-0.4, -0.2) is 29.4 Å². The number of nitrogens with one attached hydrogen (secondary N) is 1. The summed E-state index contributed by atoms with van der Waals surface area (Å²) in [6.07, 6.45) is 2.29. The Morgan fingerprint density at radius 1 is 1.33 bits per heavy atom. The summed E-state index contributed by atoms with van der Waals surface area (Å²) in [7, 11) is 0. The number of aromatic amines is 1. The maximum Gasteiger partial charge on any atom is 0.348 e. The molecule has 118 valence electrons. The standard InChI is InChI=1S/C14H7F2N7O/c15-13(16)22-6-8(5-18-22)11-20-12-9-3-1-2-7(4-17)10(9)19-14(24)23(12)21-11/h1-3,5-6,13H,(H,19,24). The summed E-state index contributed by atoms with van der Waals surface area (Å²) in [4.78, 5) is 19.0. The SMILES string of the molecule is N#Cc1cccc2c1[nH]c(=O)n1nc(-c3cnn(C(F)F)c3)nc21. The highest BCUT2D eigenvalue weighted by atomic mass is 19.3. The largest absolute Gasteiger partial charge is 0.348 e. The summed E-state index contributed by atoms with van der Waals surface area (Å²) in [5, 5.41) is 17.2. The Labute approximate surface area is 131 Å². The Hall–Kier alpha value is -3.61. The third-order valence-corrected chi connectivity index (χ3v) is 3.52. The van der Waals surface area contributed by atoms with Gasteiger partial charge in [-0.15, -0.1) is 5.10 Å².